The number of rotatable bonds is 6. The van der Waals surface area contributed by atoms with Gasteiger partial charge in [0.1, 0.15) is 5.82 Å². The molecule has 0 radical (unpaired) electrons. The average molecular weight is 453 g/mol. The second kappa shape index (κ2) is 9.63. The van der Waals surface area contributed by atoms with Gasteiger partial charge in [-0.25, -0.2) is 9.78 Å². The number of ether oxygens (including phenoxy) is 1. The van der Waals surface area contributed by atoms with Gasteiger partial charge in [-0.15, -0.1) is 0 Å². The highest BCUT2D eigenvalue weighted by Gasteiger charge is 2.28. The maximum absolute atomic E-state index is 13.3. The molecule has 1 amide bonds. The summed E-state index contributed by atoms with van der Waals surface area (Å²) in [6.45, 7) is 6.18. The zero-order chi connectivity index (χ0) is 22.7. The molecule has 4 rings (SSSR count). The first-order chi connectivity index (χ1) is 15.5. The van der Waals surface area contributed by atoms with Crippen molar-refractivity contribution < 1.29 is 14.3 Å². The molecule has 8 heteroatoms. The largest absolute Gasteiger partial charge is 0.449 e. The van der Waals surface area contributed by atoms with Gasteiger partial charge in [-0.05, 0) is 38.1 Å². The van der Waals surface area contributed by atoms with Crippen LogP contribution in [-0.2, 0) is 22.5 Å². The number of benzene rings is 1. The highest BCUT2D eigenvalue weighted by Crippen LogP contribution is 2.29. The summed E-state index contributed by atoms with van der Waals surface area (Å²) in [5.41, 5.74) is 3.06. The topological polar surface area (TPSA) is 84.4 Å². The van der Waals surface area contributed by atoms with Gasteiger partial charge >= 0.3 is 5.97 Å². The molecule has 1 aliphatic rings. The van der Waals surface area contributed by atoms with E-state index in [9.17, 15) is 9.59 Å². The normalized spacial score (nSPS) is 14.6. The first-order valence-electron chi connectivity index (χ1n) is 10.7. The second-order valence-corrected chi connectivity index (χ2v) is 8.29. The number of amides is 1. The van der Waals surface area contributed by atoms with Gasteiger partial charge in [-0.1, -0.05) is 36.7 Å². The van der Waals surface area contributed by atoms with Crippen molar-refractivity contribution in [2.24, 2.45) is 0 Å². The molecule has 0 fully saturated rings. The van der Waals surface area contributed by atoms with E-state index < -0.39 is 18.0 Å². The summed E-state index contributed by atoms with van der Waals surface area (Å²) in [6, 6.07) is 10.8. The van der Waals surface area contributed by atoms with Crippen LogP contribution >= 0.6 is 11.6 Å². The molecule has 2 aromatic heterocycles. The Bertz CT molecular complexity index is 1150. The number of hydrogen-bond donors (Lipinski definition) is 1. The maximum atomic E-state index is 13.3. The highest BCUT2D eigenvalue weighted by molar-refractivity contribution is 6.30. The molecule has 1 atom stereocenters. The van der Waals surface area contributed by atoms with Gasteiger partial charge in [-0.3, -0.25) is 14.7 Å². The zero-order valence-corrected chi connectivity index (χ0v) is 18.9. The molecular weight excluding hydrogens is 428 g/mol. The Hall–Kier alpha value is -3.03. The molecule has 3 aromatic rings. The van der Waals surface area contributed by atoms with E-state index in [1.807, 2.05) is 24.3 Å². The molecule has 32 heavy (non-hydrogen) atoms. The lowest BCUT2D eigenvalue weighted by molar-refractivity contribution is -0.123. The van der Waals surface area contributed by atoms with Crippen LogP contribution in [0.5, 0.6) is 0 Å². The van der Waals surface area contributed by atoms with Crippen molar-refractivity contribution >= 4 is 40.2 Å². The maximum Gasteiger partial charge on any atom is 0.339 e. The van der Waals surface area contributed by atoms with Gasteiger partial charge < -0.3 is 10.1 Å². The molecule has 1 unspecified atom stereocenters. The number of para-hydroxylation sites is 1. The quantitative estimate of drug-likeness (QED) is 0.563. The number of carbonyl (C=O) groups excluding carboxylic acids is 2. The van der Waals surface area contributed by atoms with E-state index in [0.717, 1.165) is 48.1 Å². The number of fused-ring (bicyclic) bond motifs is 2. The predicted octanol–water partition coefficient (Wildman–Crippen LogP) is 4.24. The van der Waals surface area contributed by atoms with Crippen molar-refractivity contribution in [3.63, 3.8) is 0 Å². The Morgan fingerprint density at radius 3 is 2.81 bits per heavy atom. The van der Waals surface area contributed by atoms with Crippen LogP contribution in [0.3, 0.4) is 0 Å². The molecule has 166 valence electrons. The standard InChI is InChI=1S/C24H25ClN4O3/c1-3-11-29-12-10-20-18(14-29)22(17-6-4-5-7-19(17)27-20)24(31)32-15(2)23(30)28-21-9-8-16(25)13-26-21/h4-9,13,15H,3,10-12,14H2,1-2H3,(H,26,28,30). The molecule has 0 bridgehead atoms. The third-order valence-corrected chi connectivity index (χ3v) is 5.72. The summed E-state index contributed by atoms with van der Waals surface area (Å²) in [5.74, 6) is -0.651. The number of carbonyl (C=O) groups is 2. The third-order valence-electron chi connectivity index (χ3n) is 5.50. The Labute approximate surface area is 191 Å². The minimum absolute atomic E-state index is 0.337. The number of aromatic nitrogens is 2. The van der Waals surface area contributed by atoms with Crippen LogP contribution < -0.4 is 5.32 Å². The second-order valence-electron chi connectivity index (χ2n) is 7.85. The minimum Gasteiger partial charge on any atom is -0.449 e. The van der Waals surface area contributed by atoms with Gasteiger partial charge in [0.25, 0.3) is 5.91 Å². The Morgan fingerprint density at radius 1 is 1.25 bits per heavy atom. The van der Waals surface area contributed by atoms with Crippen LogP contribution in [0.1, 0.15) is 41.9 Å². The summed E-state index contributed by atoms with van der Waals surface area (Å²) < 4.78 is 5.61. The van der Waals surface area contributed by atoms with Crippen molar-refractivity contribution in [1.29, 1.82) is 0 Å². The lowest BCUT2D eigenvalue weighted by Gasteiger charge is -2.29. The zero-order valence-electron chi connectivity index (χ0n) is 18.1. The van der Waals surface area contributed by atoms with E-state index >= 15 is 0 Å². The number of nitrogens with one attached hydrogen (secondary N) is 1. The highest BCUT2D eigenvalue weighted by atomic mass is 35.5. The Morgan fingerprint density at radius 2 is 2.06 bits per heavy atom. The van der Waals surface area contributed by atoms with Crippen LogP contribution in [0.15, 0.2) is 42.6 Å². The van der Waals surface area contributed by atoms with Crippen LogP contribution in [0.2, 0.25) is 5.02 Å². The van der Waals surface area contributed by atoms with Crippen LogP contribution in [0.4, 0.5) is 5.82 Å². The fraction of sp³-hybridized carbons (Fsp3) is 0.333. The molecule has 1 aliphatic heterocycles. The third kappa shape index (κ3) is 4.74. The average Bonchev–Trinajstić information content (AvgIpc) is 2.79. The Kier molecular flexibility index (Phi) is 6.67. The van der Waals surface area contributed by atoms with Gasteiger partial charge in [0.15, 0.2) is 6.10 Å². The number of halogens is 1. The van der Waals surface area contributed by atoms with Gasteiger partial charge in [0.2, 0.25) is 0 Å². The monoisotopic (exact) mass is 452 g/mol. The summed E-state index contributed by atoms with van der Waals surface area (Å²) >= 11 is 5.83. The van der Waals surface area contributed by atoms with Crippen molar-refractivity contribution in [2.75, 3.05) is 18.4 Å². The van der Waals surface area contributed by atoms with Gasteiger partial charge in [-0.2, -0.15) is 0 Å². The van der Waals surface area contributed by atoms with Crippen LogP contribution in [-0.4, -0.2) is 45.9 Å². The van der Waals surface area contributed by atoms with Crippen LogP contribution in [0, 0.1) is 0 Å². The minimum atomic E-state index is -1.00. The van der Waals surface area contributed by atoms with E-state index in [0.29, 0.717) is 22.9 Å². The molecule has 1 aromatic carbocycles. The molecular formula is C24H25ClN4O3. The van der Waals surface area contributed by atoms with E-state index in [4.69, 9.17) is 21.3 Å². The first-order valence-corrected chi connectivity index (χ1v) is 11.1. The summed E-state index contributed by atoms with van der Waals surface area (Å²) in [5, 5.41) is 3.85. The molecule has 0 saturated carbocycles. The fourth-order valence-electron chi connectivity index (χ4n) is 3.94. The summed E-state index contributed by atoms with van der Waals surface area (Å²) in [7, 11) is 0. The number of anilines is 1. The molecule has 1 N–H and O–H groups in total. The Balaban J connectivity index is 1.60. The molecule has 0 aliphatic carbocycles. The molecule has 7 nitrogen and oxygen atoms in total. The molecule has 0 spiro atoms. The number of pyridine rings is 2. The summed E-state index contributed by atoms with van der Waals surface area (Å²) in [4.78, 5) is 37.1. The van der Waals surface area contributed by atoms with Crippen molar-refractivity contribution in [1.82, 2.24) is 14.9 Å². The first kappa shape index (κ1) is 22.2. The SMILES string of the molecule is CCCN1CCc2nc3ccccc3c(C(=O)OC(C)C(=O)Nc3ccc(Cl)cn3)c2C1. The van der Waals surface area contributed by atoms with E-state index in [1.54, 1.807) is 19.1 Å². The van der Waals surface area contributed by atoms with E-state index in [1.165, 1.54) is 6.20 Å². The van der Waals surface area contributed by atoms with Crippen molar-refractivity contribution in [3.8, 4) is 0 Å². The lowest BCUT2D eigenvalue weighted by atomic mass is 9.95. The van der Waals surface area contributed by atoms with E-state index in [-0.39, 0.29) is 0 Å². The number of nitrogens with zero attached hydrogens (tertiary/aromatic N) is 3. The fourth-order valence-corrected chi connectivity index (χ4v) is 4.05. The van der Waals surface area contributed by atoms with Gasteiger partial charge in [0, 0.05) is 42.4 Å². The van der Waals surface area contributed by atoms with E-state index in [2.05, 4.69) is 22.1 Å². The summed E-state index contributed by atoms with van der Waals surface area (Å²) in [6.07, 6.45) is 2.24. The smallest absolute Gasteiger partial charge is 0.339 e. The van der Waals surface area contributed by atoms with Crippen molar-refractivity contribution in [2.45, 2.75) is 39.3 Å². The number of esters is 1. The molecule has 3 heterocycles. The van der Waals surface area contributed by atoms with Gasteiger partial charge in [0.05, 0.1) is 16.1 Å². The lowest BCUT2D eigenvalue weighted by Crippen LogP contribution is -2.34. The predicted molar refractivity (Wildman–Crippen MR) is 124 cm³/mol. The molecule has 0 saturated heterocycles. The van der Waals surface area contributed by atoms with Crippen LogP contribution in [0.25, 0.3) is 10.9 Å². The number of hydrogen-bond acceptors (Lipinski definition) is 6. The van der Waals surface area contributed by atoms with Crippen molar-refractivity contribution in [3.05, 3.63) is 64.4 Å².